The highest BCUT2D eigenvalue weighted by Crippen LogP contribution is 2.38. The van der Waals surface area contributed by atoms with Crippen molar-refractivity contribution in [2.75, 3.05) is 34.4 Å². The van der Waals surface area contributed by atoms with E-state index >= 15 is 0 Å². The molecule has 1 fully saturated rings. The minimum Gasteiger partial charge on any atom is -0.504 e. The van der Waals surface area contributed by atoms with Crippen molar-refractivity contribution in [1.82, 2.24) is 4.90 Å². The Hall–Kier alpha value is -2.56. The van der Waals surface area contributed by atoms with E-state index in [1.165, 1.54) is 22.7 Å². The van der Waals surface area contributed by atoms with Crippen LogP contribution in [-0.4, -0.2) is 62.5 Å². The summed E-state index contributed by atoms with van der Waals surface area (Å²) in [6.45, 7) is 1.40. The highest BCUT2D eigenvalue weighted by Gasteiger charge is 2.45. The lowest BCUT2D eigenvalue weighted by atomic mass is 9.91. The van der Waals surface area contributed by atoms with Gasteiger partial charge in [0.1, 0.15) is 17.6 Å². The number of esters is 1. The Morgan fingerprint density at radius 2 is 1.77 bits per heavy atom. The molecule has 1 N–H and O–H groups in total. The Morgan fingerprint density at radius 1 is 1.10 bits per heavy atom. The van der Waals surface area contributed by atoms with Crippen molar-refractivity contribution in [3.05, 3.63) is 73.8 Å². The molecular weight excluding hydrogens is 570 g/mol. The first-order valence-electron chi connectivity index (χ1n) is 13.3. The second kappa shape index (κ2) is 14.4. The Balaban J connectivity index is 1.23. The van der Waals surface area contributed by atoms with E-state index in [9.17, 15) is 9.90 Å². The summed E-state index contributed by atoms with van der Waals surface area (Å²) in [6.07, 6.45) is 7.36. The van der Waals surface area contributed by atoms with Gasteiger partial charge >= 0.3 is 5.97 Å². The number of carbonyl (C=O) groups excluding carboxylic acids is 1. The molecule has 0 saturated heterocycles. The first-order chi connectivity index (χ1) is 19.4. The summed E-state index contributed by atoms with van der Waals surface area (Å²) < 4.78 is 22.3. The average Bonchev–Trinajstić information content (AvgIpc) is 3.70. The van der Waals surface area contributed by atoms with Gasteiger partial charge in [0, 0.05) is 24.2 Å². The lowest BCUT2D eigenvalue weighted by Crippen LogP contribution is -2.42. The molecule has 3 aromatic rings. The molecule has 1 saturated carbocycles. The van der Waals surface area contributed by atoms with Crippen molar-refractivity contribution < 1.29 is 28.8 Å². The smallest absolute Gasteiger partial charge is 0.349 e. The van der Waals surface area contributed by atoms with Crippen LogP contribution < -0.4 is 9.47 Å². The molecule has 0 bridgehead atoms. The van der Waals surface area contributed by atoms with Crippen molar-refractivity contribution in [2.24, 2.45) is 0 Å². The topological polar surface area (TPSA) is 77.5 Å². The molecular formula is C30H36ClNO6S2. The van der Waals surface area contributed by atoms with Crippen molar-refractivity contribution in [2.45, 2.75) is 49.9 Å². The third kappa shape index (κ3) is 7.19. The van der Waals surface area contributed by atoms with E-state index in [0.29, 0.717) is 38.9 Å². The summed E-state index contributed by atoms with van der Waals surface area (Å²) in [5.41, 5.74) is -0.949. The molecule has 10 heteroatoms. The summed E-state index contributed by atoms with van der Waals surface area (Å²) in [6, 6.07) is 11.2. The van der Waals surface area contributed by atoms with Gasteiger partial charge in [-0.3, -0.25) is 0 Å². The van der Waals surface area contributed by atoms with Crippen LogP contribution in [0.3, 0.4) is 0 Å². The largest absolute Gasteiger partial charge is 0.504 e. The Kier molecular flexibility index (Phi) is 10.9. The van der Waals surface area contributed by atoms with Gasteiger partial charge in [-0.05, 0) is 74.2 Å². The molecule has 7 nitrogen and oxygen atoms in total. The number of carbonyl (C=O) groups is 1. The summed E-state index contributed by atoms with van der Waals surface area (Å²) in [4.78, 5) is 16.8. The number of rotatable bonds is 13. The van der Waals surface area contributed by atoms with Crippen molar-refractivity contribution >= 4 is 46.3 Å². The Bertz CT molecular complexity index is 1210. The lowest BCUT2D eigenvalue weighted by Gasteiger charge is -2.35. The monoisotopic (exact) mass is 605 g/mol. The number of hydrogen-bond acceptors (Lipinski definition) is 9. The standard InChI is InChI=1S/C30H36ClNO6S2/c1-32(14-6-15-37-26-20-25(36-3)21(13-16-35-2)19-24(26)31)22-9-11-23(12-10-22)38-29(33)30(34,27-7-4-17-39-27)28-8-5-18-40-28/h4-5,7-8,13,16-20,22-23,34H,6,9-12,14-15H2,1-3H3/b16-13+/t22-,23-. The second-order valence-electron chi connectivity index (χ2n) is 9.75. The SMILES string of the molecule is CO/C=C/c1cc(Cl)c(OCCCN(C)[C@H]2CC[C@H](OC(=O)C(O)(c3cccs3)c3cccs3)CC2)cc1OC. The first-order valence-corrected chi connectivity index (χ1v) is 15.4. The van der Waals surface area contributed by atoms with Crippen LogP contribution >= 0.6 is 34.3 Å². The van der Waals surface area contributed by atoms with E-state index in [-0.39, 0.29) is 6.10 Å². The number of ether oxygens (including phenoxy) is 4. The Labute approximate surface area is 248 Å². The molecule has 216 valence electrons. The molecule has 0 aliphatic heterocycles. The summed E-state index contributed by atoms with van der Waals surface area (Å²) >= 11 is 9.13. The van der Waals surface area contributed by atoms with Crippen LogP contribution in [0.5, 0.6) is 11.5 Å². The van der Waals surface area contributed by atoms with Crippen LogP contribution in [0.2, 0.25) is 5.02 Å². The molecule has 1 aliphatic carbocycles. The van der Waals surface area contributed by atoms with Gasteiger partial charge in [0.25, 0.3) is 0 Å². The van der Waals surface area contributed by atoms with Crippen molar-refractivity contribution in [3.63, 3.8) is 0 Å². The predicted octanol–water partition coefficient (Wildman–Crippen LogP) is 6.58. The number of benzene rings is 1. The zero-order valence-electron chi connectivity index (χ0n) is 23.0. The molecule has 0 spiro atoms. The number of methoxy groups -OCH3 is 2. The van der Waals surface area contributed by atoms with E-state index < -0.39 is 11.6 Å². The van der Waals surface area contributed by atoms with Crippen molar-refractivity contribution in [1.29, 1.82) is 0 Å². The van der Waals surface area contributed by atoms with Gasteiger partial charge in [-0.1, -0.05) is 23.7 Å². The van der Waals surface area contributed by atoms with Gasteiger partial charge in [-0.15, -0.1) is 22.7 Å². The van der Waals surface area contributed by atoms with Gasteiger partial charge < -0.3 is 29.0 Å². The lowest BCUT2D eigenvalue weighted by molar-refractivity contribution is -0.169. The molecule has 0 unspecified atom stereocenters. The van der Waals surface area contributed by atoms with Gasteiger partial charge in [0.15, 0.2) is 0 Å². The molecule has 4 rings (SSSR count). The minimum absolute atomic E-state index is 0.203. The van der Waals surface area contributed by atoms with Gasteiger partial charge in [-0.2, -0.15) is 0 Å². The van der Waals surface area contributed by atoms with E-state index in [2.05, 4.69) is 11.9 Å². The molecule has 2 heterocycles. The zero-order valence-corrected chi connectivity index (χ0v) is 25.4. The van der Waals surface area contributed by atoms with E-state index in [0.717, 1.165) is 44.2 Å². The summed E-state index contributed by atoms with van der Waals surface area (Å²) in [5, 5.41) is 15.7. The number of nitrogens with zero attached hydrogens (tertiary/aromatic N) is 1. The van der Waals surface area contributed by atoms with Crippen LogP contribution in [0.15, 0.2) is 53.4 Å². The summed E-state index contributed by atoms with van der Waals surface area (Å²) in [7, 11) is 5.31. The normalized spacial score (nSPS) is 17.8. The van der Waals surface area contributed by atoms with Gasteiger partial charge in [0.05, 0.1) is 41.9 Å². The number of thiophene rings is 2. The van der Waals surface area contributed by atoms with Gasteiger partial charge in [-0.25, -0.2) is 4.79 Å². The predicted molar refractivity (Wildman–Crippen MR) is 161 cm³/mol. The van der Waals surface area contributed by atoms with Crippen LogP contribution in [-0.2, 0) is 19.9 Å². The van der Waals surface area contributed by atoms with Crippen LogP contribution in [0.1, 0.15) is 47.4 Å². The van der Waals surface area contributed by atoms with Gasteiger partial charge in [0.2, 0.25) is 5.60 Å². The highest BCUT2D eigenvalue weighted by molar-refractivity contribution is 7.12. The van der Waals surface area contributed by atoms with E-state index in [4.69, 9.17) is 30.5 Å². The van der Waals surface area contributed by atoms with E-state index in [1.54, 1.807) is 50.8 Å². The third-order valence-corrected chi connectivity index (χ3v) is 9.43. The fourth-order valence-corrected chi connectivity index (χ4v) is 6.86. The minimum atomic E-state index is -1.76. The van der Waals surface area contributed by atoms with Crippen LogP contribution in [0, 0.1) is 0 Å². The fraction of sp³-hybridized carbons (Fsp3) is 0.433. The van der Waals surface area contributed by atoms with Crippen LogP contribution in [0.25, 0.3) is 6.08 Å². The molecule has 1 aromatic carbocycles. The second-order valence-corrected chi connectivity index (χ2v) is 12.0. The van der Waals surface area contributed by atoms with E-state index in [1.807, 2.05) is 22.9 Å². The maximum absolute atomic E-state index is 13.3. The number of halogens is 1. The molecule has 1 aliphatic rings. The summed E-state index contributed by atoms with van der Waals surface area (Å²) in [5.74, 6) is 0.652. The molecule has 0 radical (unpaired) electrons. The molecule has 2 aromatic heterocycles. The fourth-order valence-electron chi connectivity index (χ4n) is 4.92. The maximum atomic E-state index is 13.3. The number of aliphatic hydroxyl groups is 1. The highest BCUT2D eigenvalue weighted by atomic mass is 35.5. The zero-order chi connectivity index (χ0) is 28.5. The first kappa shape index (κ1) is 30.4. The third-order valence-electron chi connectivity index (χ3n) is 7.17. The number of hydrogen-bond donors (Lipinski definition) is 1. The molecule has 40 heavy (non-hydrogen) atoms. The van der Waals surface area contributed by atoms with Crippen LogP contribution in [0.4, 0.5) is 0 Å². The maximum Gasteiger partial charge on any atom is 0.349 e. The average molecular weight is 606 g/mol. The quantitative estimate of drug-likeness (QED) is 0.134. The van der Waals surface area contributed by atoms with Crippen molar-refractivity contribution in [3.8, 4) is 11.5 Å². The molecule has 0 atom stereocenters. The molecule has 0 amide bonds. The Morgan fingerprint density at radius 3 is 2.35 bits per heavy atom.